The highest BCUT2D eigenvalue weighted by Gasteiger charge is 2.08. The summed E-state index contributed by atoms with van der Waals surface area (Å²) in [6.45, 7) is 4.77. The van der Waals surface area contributed by atoms with Gasteiger partial charge in [-0.15, -0.1) is 0 Å². The normalized spacial score (nSPS) is 16.7. The third-order valence-electron chi connectivity index (χ3n) is 3.58. The number of para-hydroxylation sites is 1. The topological polar surface area (TPSA) is 12.5 Å². The van der Waals surface area contributed by atoms with E-state index in [-0.39, 0.29) is 0 Å². The summed E-state index contributed by atoms with van der Waals surface area (Å²) in [5, 5.41) is 0. The largest absolute Gasteiger partial charge is 0.494 e. The summed E-state index contributed by atoms with van der Waals surface area (Å²) in [6, 6.07) is 10.1. The van der Waals surface area contributed by atoms with Crippen LogP contribution in [0.3, 0.4) is 0 Å². The van der Waals surface area contributed by atoms with E-state index in [1.54, 1.807) is 0 Å². The lowest BCUT2D eigenvalue weighted by Gasteiger charge is -2.26. The van der Waals surface area contributed by atoms with Crippen LogP contribution in [0.15, 0.2) is 30.3 Å². The summed E-state index contributed by atoms with van der Waals surface area (Å²) in [4.78, 5) is 2.61. The lowest BCUT2D eigenvalue weighted by atomic mass is 10.1. The van der Waals surface area contributed by atoms with Crippen LogP contribution < -0.4 is 4.74 Å². The Morgan fingerprint density at radius 1 is 0.889 bits per heavy atom. The Morgan fingerprint density at radius 2 is 1.67 bits per heavy atom. The van der Waals surface area contributed by atoms with Crippen LogP contribution in [0, 0.1) is 0 Å². The maximum atomic E-state index is 5.68. The Hall–Kier alpha value is -1.02. The van der Waals surface area contributed by atoms with Crippen molar-refractivity contribution in [2.24, 2.45) is 0 Å². The lowest BCUT2D eigenvalue weighted by molar-refractivity contribution is 0.221. The molecule has 0 unspecified atom stereocenters. The van der Waals surface area contributed by atoms with E-state index in [1.807, 2.05) is 30.3 Å². The SMILES string of the molecule is c1ccc(OCCCCCN2CCCCC2)cc1. The molecule has 1 aliphatic heterocycles. The quantitative estimate of drug-likeness (QED) is 0.681. The molecule has 1 aromatic rings. The second-order valence-corrected chi connectivity index (χ2v) is 5.12. The number of benzene rings is 1. The zero-order valence-electron chi connectivity index (χ0n) is 11.3. The highest BCUT2D eigenvalue weighted by molar-refractivity contribution is 5.20. The monoisotopic (exact) mass is 247 g/mol. The van der Waals surface area contributed by atoms with Crippen molar-refractivity contribution in [3.8, 4) is 5.75 Å². The standard InChI is InChI=1S/C16H25NO/c1-4-10-16(11-5-1)18-15-9-3-8-14-17-12-6-2-7-13-17/h1,4-5,10-11H,2-3,6-9,12-15H2. The molecule has 0 aliphatic carbocycles. The molecule has 100 valence electrons. The first-order chi connectivity index (χ1) is 8.95. The fourth-order valence-corrected chi connectivity index (χ4v) is 2.50. The number of piperidine rings is 1. The van der Waals surface area contributed by atoms with Crippen LogP contribution in [-0.2, 0) is 0 Å². The number of unbranched alkanes of at least 4 members (excludes halogenated alkanes) is 2. The van der Waals surface area contributed by atoms with E-state index >= 15 is 0 Å². The number of nitrogens with zero attached hydrogens (tertiary/aromatic N) is 1. The van der Waals surface area contributed by atoms with Crippen molar-refractivity contribution in [2.45, 2.75) is 38.5 Å². The first-order valence-electron chi connectivity index (χ1n) is 7.35. The van der Waals surface area contributed by atoms with Gasteiger partial charge in [-0.2, -0.15) is 0 Å². The van der Waals surface area contributed by atoms with Crippen molar-refractivity contribution >= 4 is 0 Å². The highest BCUT2D eigenvalue weighted by Crippen LogP contribution is 2.11. The molecule has 0 aromatic heterocycles. The van der Waals surface area contributed by atoms with Gasteiger partial charge < -0.3 is 9.64 Å². The number of ether oxygens (including phenoxy) is 1. The molecule has 2 rings (SSSR count). The van der Waals surface area contributed by atoms with E-state index in [4.69, 9.17) is 4.74 Å². The van der Waals surface area contributed by atoms with E-state index in [0.29, 0.717) is 0 Å². The Balaban J connectivity index is 1.46. The van der Waals surface area contributed by atoms with Gasteiger partial charge in [0, 0.05) is 0 Å². The van der Waals surface area contributed by atoms with Crippen LogP contribution in [0.1, 0.15) is 38.5 Å². The van der Waals surface area contributed by atoms with Gasteiger partial charge in [0.2, 0.25) is 0 Å². The van der Waals surface area contributed by atoms with E-state index in [1.165, 1.54) is 58.2 Å². The molecule has 0 atom stereocenters. The van der Waals surface area contributed by atoms with Crippen LogP contribution in [0.4, 0.5) is 0 Å². The lowest BCUT2D eigenvalue weighted by Crippen LogP contribution is -2.30. The first kappa shape index (κ1) is 13.4. The van der Waals surface area contributed by atoms with Crippen LogP contribution >= 0.6 is 0 Å². The third-order valence-corrected chi connectivity index (χ3v) is 3.58. The Kier molecular flexibility index (Phi) is 6.07. The molecule has 1 heterocycles. The molecule has 1 aliphatic rings. The number of hydrogen-bond donors (Lipinski definition) is 0. The molecular weight excluding hydrogens is 222 g/mol. The van der Waals surface area contributed by atoms with Crippen LogP contribution in [0.25, 0.3) is 0 Å². The van der Waals surface area contributed by atoms with Gasteiger partial charge >= 0.3 is 0 Å². The smallest absolute Gasteiger partial charge is 0.119 e. The molecule has 18 heavy (non-hydrogen) atoms. The summed E-state index contributed by atoms with van der Waals surface area (Å²) >= 11 is 0. The van der Waals surface area contributed by atoms with Crippen molar-refractivity contribution < 1.29 is 4.74 Å². The fraction of sp³-hybridized carbons (Fsp3) is 0.625. The molecule has 0 radical (unpaired) electrons. The molecule has 1 saturated heterocycles. The highest BCUT2D eigenvalue weighted by atomic mass is 16.5. The molecule has 0 spiro atoms. The van der Waals surface area contributed by atoms with Crippen molar-refractivity contribution in [2.75, 3.05) is 26.2 Å². The van der Waals surface area contributed by atoms with E-state index in [0.717, 1.165) is 12.4 Å². The number of hydrogen-bond acceptors (Lipinski definition) is 2. The average Bonchev–Trinajstić information content (AvgIpc) is 2.45. The summed E-state index contributed by atoms with van der Waals surface area (Å²) in [7, 11) is 0. The summed E-state index contributed by atoms with van der Waals surface area (Å²) < 4.78 is 5.68. The molecule has 2 heteroatoms. The van der Waals surface area contributed by atoms with E-state index in [2.05, 4.69) is 4.90 Å². The van der Waals surface area contributed by atoms with E-state index < -0.39 is 0 Å². The second kappa shape index (κ2) is 8.15. The average molecular weight is 247 g/mol. The maximum absolute atomic E-state index is 5.68. The van der Waals surface area contributed by atoms with Gasteiger partial charge in [-0.25, -0.2) is 0 Å². The Labute approximate surface area is 111 Å². The molecule has 0 bridgehead atoms. The first-order valence-corrected chi connectivity index (χ1v) is 7.35. The summed E-state index contributed by atoms with van der Waals surface area (Å²) in [5.41, 5.74) is 0. The Bertz CT molecular complexity index is 306. The fourth-order valence-electron chi connectivity index (χ4n) is 2.50. The van der Waals surface area contributed by atoms with Gasteiger partial charge in [0.25, 0.3) is 0 Å². The van der Waals surface area contributed by atoms with Gasteiger partial charge in [0.1, 0.15) is 5.75 Å². The third kappa shape index (κ3) is 5.09. The molecule has 1 aromatic carbocycles. The summed E-state index contributed by atoms with van der Waals surface area (Å²) in [5.74, 6) is 0.994. The number of likely N-dealkylation sites (tertiary alicyclic amines) is 1. The van der Waals surface area contributed by atoms with Crippen molar-refractivity contribution in [1.82, 2.24) is 4.90 Å². The van der Waals surface area contributed by atoms with Gasteiger partial charge in [0.15, 0.2) is 0 Å². The molecule has 1 fully saturated rings. The zero-order valence-corrected chi connectivity index (χ0v) is 11.3. The zero-order chi connectivity index (χ0) is 12.5. The number of rotatable bonds is 7. The summed E-state index contributed by atoms with van der Waals surface area (Å²) in [6.07, 6.45) is 8.00. The van der Waals surface area contributed by atoms with Gasteiger partial charge in [-0.1, -0.05) is 24.6 Å². The van der Waals surface area contributed by atoms with Crippen molar-refractivity contribution in [3.05, 3.63) is 30.3 Å². The maximum Gasteiger partial charge on any atom is 0.119 e. The minimum Gasteiger partial charge on any atom is -0.494 e. The molecular formula is C16H25NO. The van der Waals surface area contributed by atoms with Crippen molar-refractivity contribution in [1.29, 1.82) is 0 Å². The Morgan fingerprint density at radius 3 is 2.44 bits per heavy atom. The van der Waals surface area contributed by atoms with Crippen LogP contribution in [0.5, 0.6) is 5.75 Å². The molecule has 0 N–H and O–H groups in total. The van der Waals surface area contributed by atoms with Gasteiger partial charge in [-0.05, 0) is 63.9 Å². The second-order valence-electron chi connectivity index (χ2n) is 5.12. The van der Waals surface area contributed by atoms with E-state index in [9.17, 15) is 0 Å². The predicted octanol–water partition coefficient (Wildman–Crippen LogP) is 3.72. The molecule has 2 nitrogen and oxygen atoms in total. The van der Waals surface area contributed by atoms with Crippen LogP contribution in [0.2, 0.25) is 0 Å². The van der Waals surface area contributed by atoms with Crippen LogP contribution in [-0.4, -0.2) is 31.1 Å². The minimum absolute atomic E-state index is 0.851. The van der Waals surface area contributed by atoms with Gasteiger partial charge in [0.05, 0.1) is 6.61 Å². The van der Waals surface area contributed by atoms with Crippen molar-refractivity contribution in [3.63, 3.8) is 0 Å². The predicted molar refractivity (Wildman–Crippen MR) is 76.1 cm³/mol. The molecule has 0 saturated carbocycles. The minimum atomic E-state index is 0.851. The van der Waals surface area contributed by atoms with Gasteiger partial charge in [-0.3, -0.25) is 0 Å². The molecule has 0 amide bonds.